The molecule has 1 atom stereocenters. The third kappa shape index (κ3) is 3.83. The monoisotopic (exact) mass is 246 g/mol. The van der Waals surface area contributed by atoms with Crippen molar-refractivity contribution in [3.8, 4) is 6.07 Å². The van der Waals surface area contributed by atoms with Gasteiger partial charge in [-0.2, -0.15) is 5.26 Å². The standard InChI is InChI=1S/C15H22N2O/c1-3-10-17-15(12-16,13-18-11-4-2)14-8-6-5-7-9-14/h5-9,17H,3-4,10-11,13H2,1-2H3. The largest absolute Gasteiger partial charge is 0.378 e. The Bertz CT molecular complexity index is 372. The molecule has 0 fully saturated rings. The molecule has 0 aliphatic carbocycles. The van der Waals surface area contributed by atoms with Crippen molar-refractivity contribution in [2.45, 2.75) is 32.2 Å². The number of nitrogens with zero attached hydrogens (tertiary/aromatic N) is 1. The molecule has 0 amide bonds. The zero-order chi connectivity index (χ0) is 13.3. The van der Waals surface area contributed by atoms with Gasteiger partial charge < -0.3 is 4.74 Å². The van der Waals surface area contributed by atoms with Crippen molar-refractivity contribution >= 4 is 0 Å². The van der Waals surface area contributed by atoms with Crippen LogP contribution in [0.4, 0.5) is 0 Å². The molecule has 0 aliphatic heterocycles. The van der Waals surface area contributed by atoms with Crippen LogP contribution >= 0.6 is 0 Å². The number of benzene rings is 1. The highest BCUT2D eigenvalue weighted by atomic mass is 16.5. The molecule has 1 N–H and O–H groups in total. The van der Waals surface area contributed by atoms with Crippen LogP contribution in [0.2, 0.25) is 0 Å². The van der Waals surface area contributed by atoms with Crippen LogP contribution in [0.1, 0.15) is 32.3 Å². The third-order valence-electron chi connectivity index (χ3n) is 2.80. The Morgan fingerprint density at radius 2 is 1.94 bits per heavy atom. The van der Waals surface area contributed by atoms with Gasteiger partial charge in [0.25, 0.3) is 0 Å². The Kier molecular flexibility index (Phi) is 6.42. The summed E-state index contributed by atoms with van der Waals surface area (Å²) in [6, 6.07) is 12.2. The van der Waals surface area contributed by atoms with Gasteiger partial charge in [0.05, 0.1) is 12.7 Å². The van der Waals surface area contributed by atoms with Gasteiger partial charge in [-0.05, 0) is 24.9 Å². The molecule has 1 aromatic carbocycles. The smallest absolute Gasteiger partial charge is 0.155 e. The van der Waals surface area contributed by atoms with E-state index in [1.807, 2.05) is 30.3 Å². The van der Waals surface area contributed by atoms with Crippen molar-refractivity contribution in [2.24, 2.45) is 0 Å². The van der Waals surface area contributed by atoms with Gasteiger partial charge in [-0.25, -0.2) is 0 Å². The fourth-order valence-electron chi connectivity index (χ4n) is 1.80. The zero-order valence-corrected chi connectivity index (χ0v) is 11.3. The summed E-state index contributed by atoms with van der Waals surface area (Å²) < 4.78 is 5.61. The second kappa shape index (κ2) is 7.86. The summed E-state index contributed by atoms with van der Waals surface area (Å²) in [4.78, 5) is 0. The molecule has 3 nitrogen and oxygen atoms in total. The Labute approximate surface area is 110 Å². The molecule has 18 heavy (non-hydrogen) atoms. The molecule has 0 heterocycles. The van der Waals surface area contributed by atoms with Gasteiger partial charge in [0.2, 0.25) is 0 Å². The molecule has 0 bridgehead atoms. The van der Waals surface area contributed by atoms with E-state index < -0.39 is 5.54 Å². The summed E-state index contributed by atoms with van der Waals surface area (Å²) in [6.07, 6.45) is 1.95. The van der Waals surface area contributed by atoms with Crippen LogP contribution in [-0.4, -0.2) is 19.8 Å². The van der Waals surface area contributed by atoms with E-state index in [0.717, 1.165) is 24.9 Å². The Hall–Kier alpha value is -1.37. The van der Waals surface area contributed by atoms with Crippen LogP contribution < -0.4 is 5.32 Å². The molecular weight excluding hydrogens is 224 g/mol. The first-order valence-corrected chi connectivity index (χ1v) is 6.58. The minimum Gasteiger partial charge on any atom is -0.378 e. The highest BCUT2D eigenvalue weighted by Crippen LogP contribution is 2.21. The summed E-state index contributed by atoms with van der Waals surface area (Å²) in [5, 5.41) is 12.9. The number of nitriles is 1. The Morgan fingerprint density at radius 3 is 2.50 bits per heavy atom. The fourth-order valence-corrected chi connectivity index (χ4v) is 1.80. The molecule has 0 spiro atoms. The maximum Gasteiger partial charge on any atom is 0.155 e. The molecule has 3 heteroatoms. The van der Waals surface area contributed by atoms with E-state index in [1.54, 1.807) is 0 Å². The normalized spacial score (nSPS) is 13.8. The summed E-state index contributed by atoms with van der Waals surface area (Å²) in [5.41, 5.74) is 0.240. The number of hydrogen-bond acceptors (Lipinski definition) is 3. The maximum absolute atomic E-state index is 9.56. The van der Waals surface area contributed by atoms with Crippen LogP contribution in [0.5, 0.6) is 0 Å². The first-order valence-electron chi connectivity index (χ1n) is 6.58. The second-order valence-electron chi connectivity index (χ2n) is 4.36. The molecule has 1 rings (SSSR count). The summed E-state index contributed by atoms with van der Waals surface area (Å²) in [6.45, 7) is 6.03. The Balaban J connectivity index is 2.88. The summed E-state index contributed by atoms with van der Waals surface area (Å²) in [7, 11) is 0. The SMILES string of the molecule is CCCNC(C#N)(COCCC)c1ccccc1. The lowest BCUT2D eigenvalue weighted by Crippen LogP contribution is -2.45. The van der Waals surface area contributed by atoms with Gasteiger partial charge >= 0.3 is 0 Å². The lowest BCUT2D eigenvalue weighted by molar-refractivity contribution is 0.0890. The van der Waals surface area contributed by atoms with Crippen LogP contribution in [-0.2, 0) is 10.3 Å². The molecule has 0 radical (unpaired) electrons. The van der Waals surface area contributed by atoms with Crippen LogP contribution in [0.25, 0.3) is 0 Å². The van der Waals surface area contributed by atoms with Gasteiger partial charge in [0, 0.05) is 6.61 Å². The maximum atomic E-state index is 9.56. The van der Waals surface area contributed by atoms with Crippen molar-refractivity contribution in [3.63, 3.8) is 0 Å². The van der Waals surface area contributed by atoms with Crippen LogP contribution in [0.3, 0.4) is 0 Å². The Morgan fingerprint density at radius 1 is 1.22 bits per heavy atom. The second-order valence-corrected chi connectivity index (χ2v) is 4.36. The van der Waals surface area contributed by atoms with Crippen molar-refractivity contribution in [2.75, 3.05) is 19.8 Å². The third-order valence-corrected chi connectivity index (χ3v) is 2.80. The molecule has 1 unspecified atom stereocenters. The number of ether oxygens (including phenoxy) is 1. The first kappa shape index (κ1) is 14.7. The number of rotatable bonds is 8. The molecule has 1 aromatic rings. The van der Waals surface area contributed by atoms with E-state index in [1.165, 1.54) is 0 Å². The molecule has 0 aromatic heterocycles. The molecule has 0 saturated heterocycles. The fraction of sp³-hybridized carbons (Fsp3) is 0.533. The topological polar surface area (TPSA) is 45.0 Å². The van der Waals surface area contributed by atoms with Crippen molar-refractivity contribution in [1.29, 1.82) is 5.26 Å². The molecule has 98 valence electrons. The number of nitrogens with one attached hydrogen (secondary N) is 1. The predicted molar refractivity (Wildman–Crippen MR) is 73.1 cm³/mol. The van der Waals surface area contributed by atoms with E-state index >= 15 is 0 Å². The van der Waals surface area contributed by atoms with Gasteiger partial charge in [0.15, 0.2) is 5.54 Å². The minimum absolute atomic E-state index is 0.390. The quantitative estimate of drug-likeness (QED) is 0.717. The lowest BCUT2D eigenvalue weighted by Gasteiger charge is -2.28. The van der Waals surface area contributed by atoms with E-state index in [-0.39, 0.29) is 0 Å². The van der Waals surface area contributed by atoms with Gasteiger partial charge in [-0.3, -0.25) is 5.32 Å². The average molecular weight is 246 g/mol. The number of hydrogen-bond donors (Lipinski definition) is 1. The lowest BCUT2D eigenvalue weighted by atomic mass is 9.92. The highest BCUT2D eigenvalue weighted by Gasteiger charge is 2.31. The molecular formula is C15H22N2O. The van der Waals surface area contributed by atoms with Gasteiger partial charge in [0.1, 0.15) is 0 Å². The highest BCUT2D eigenvalue weighted by molar-refractivity contribution is 5.31. The van der Waals surface area contributed by atoms with Crippen LogP contribution in [0, 0.1) is 11.3 Å². The first-order chi connectivity index (χ1) is 8.79. The predicted octanol–water partition coefficient (Wildman–Crippen LogP) is 2.83. The van der Waals surface area contributed by atoms with E-state index in [9.17, 15) is 5.26 Å². The molecule has 0 aliphatic rings. The molecule has 0 saturated carbocycles. The minimum atomic E-state index is -0.730. The van der Waals surface area contributed by atoms with E-state index in [2.05, 4.69) is 25.2 Å². The van der Waals surface area contributed by atoms with Crippen molar-refractivity contribution in [3.05, 3.63) is 35.9 Å². The summed E-state index contributed by atoms with van der Waals surface area (Å²) >= 11 is 0. The summed E-state index contributed by atoms with van der Waals surface area (Å²) in [5.74, 6) is 0. The zero-order valence-electron chi connectivity index (χ0n) is 11.3. The van der Waals surface area contributed by atoms with Crippen LogP contribution in [0.15, 0.2) is 30.3 Å². The van der Waals surface area contributed by atoms with Gasteiger partial charge in [-0.1, -0.05) is 44.2 Å². The van der Waals surface area contributed by atoms with Crippen molar-refractivity contribution < 1.29 is 4.74 Å². The van der Waals surface area contributed by atoms with E-state index in [4.69, 9.17) is 4.74 Å². The average Bonchev–Trinajstić information content (AvgIpc) is 2.44. The van der Waals surface area contributed by atoms with Gasteiger partial charge in [-0.15, -0.1) is 0 Å². The van der Waals surface area contributed by atoms with E-state index in [0.29, 0.717) is 13.2 Å². The van der Waals surface area contributed by atoms with Crippen molar-refractivity contribution in [1.82, 2.24) is 5.32 Å².